The molecule has 0 saturated heterocycles. The minimum Gasteiger partial charge on any atom is -0.465 e. The number of nitrogens with one attached hydrogen (secondary N) is 2. The quantitative estimate of drug-likeness (QED) is 0.297. The van der Waals surface area contributed by atoms with Crippen LogP contribution < -0.4 is 10.5 Å². The first-order valence-electron chi connectivity index (χ1n) is 8.95. The number of rotatable bonds is 6. The number of anilines is 2. The highest BCUT2D eigenvalue weighted by Crippen LogP contribution is 2.34. The number of ether oxygens (including phenoxy) is 1. The topological polar surface area (TPSA) is 140 Å². The van der Waals surface area contributed by atoms with E-state index in [0.29, 0.717) is 32.6 Å². The molecule has 0 atom stereocenters. The third-order valence-corrected chi connectivity index (χ3v) is 6.30. The third kappa shape index (κ3) is 4.53. The van der Waals surface area contributed by atoms with Gasteiger partial charge in [-0.25, -0.2) is 28.3 Å². The molecular formula is C20H17N5O4S2. The van der Waals surface area contributed by atoms with Crippen LogP contribution in [-0.4, -0.2) is 36.4 Å². The average molecular weight is 456 g/mol. The minimum atomic E-state index is -3.77. The maximum absolute atomic E-state index is 12.1. The van der Waals surface area contributed by atoms with Gasteiger partial charge >= 0.3 is 5.97 Å². The molecule has 0 fully saturated rings. The van der Waals surface area contributed by atoms with E-state index in [2.05, 4.69) is 20.3 Å². The van der Waals surface area contributed by atoms with Gasteiger partial charge in [-0.2, -0.15) is 0 Å². The van der Waals surface area contributed by atoms with E-state index in [1.165, 1.54) is 31.0 Å². The van der Waals surface area contributed by atoms with Gasteiger partial charge in [0.1, 0.15) is 5.03 Å². The predicted molar refractivity (Wildman–Crippen MR) is 117 cm³/mol. The zero-order valence-electron chi connectivity index (χ0n) is 16.2. The number of nitrogens with two attached hydrogens (primary N) is 1. The molecule has 31 heavy (non-hydrogen) atoms. The molecule has 0 aliphatic rings. The van der Waals surface area contributed by atoms with Gasteiger partial charge in [-0.1, -0.05) is 23.9 Å². The van der Waals surface area contributed by atoms with E-state index in [4.69, 9.17) is 9.88 Å². The van der Waals surface area contributed by atoms with Crippen molar-refractivity contribution in [2.75, 3.05) is 12.4 Å². The van der Waals surface area contributed by atoms with Gasteiger partial charge in [-0.05, 0) is 42.5 Å². The minimum absolute atomic E-state index is 0.00992. The summed E-state index contributed by atoms with van der Waals surface area (Å²) in [6.45, 7) is 0. The Balaban J connectivity index is 1.69. The number of primary sulfonamides is 1. The van der Waals surface area contributed by atoms with Crippen LogP contribution in [0.5, 0.6) is 0 Å². The molecule has 0 aliphatic heterocycles. The second-order valence-electron chi connectivity index (χ2n) is 6.37. The molecule has 2 aromatic carbocycles. The number of esters is 1. The molecule has 11 heteroatoms. The van der Waals surface area contributed by atoms with Crippen LogP contribution in [0.4, 0.5) is 11.6 Å². The van der Waals surface area contributed by atoms with Crippen LogP contribution in [-0.2, 0) is 14.8 Å². The lowest BCUT2D eigenvalue weighted by Crippen LogP contribution is -2.11. The highest BCUT2D eigenvalue weighted by atomic mass is 32.2. The zero-order valence-corrected chi connectivity index (χ0v) is 17.8. The summed E-state index contributed by atoms with van der Waals surface area (Å²) in [5.74, 6) is -0.123. The smallest absolute Gasteiger partial charge is 0.339 e. The average Bonchev–Trinajstić information content (AvgIpc) is 3.22. The Morgan fingerprint density at radius 1 is 1.10 bits per heavy atom. The lowest BCUT2D eigenvalue weighted by molar-refractivity contribution is 0.0597. The number of hydrogen-bond acceptors (Lipinski definition) is 8. The molecule has 0 spiro atoms. The standard InChI is InChI=1S/C20H17N5O4S2/c1-29-19(26)14-4-2-3-5-16(14)30-18-17-15(10-11-22-17)24-20(25-18)23-12-6-8-13(9-7-12)31(21,27)28/h2-11,22H,1H3,(H2,21,27,28)(H,23,24,25). The summed E-state index contributed by atoms with van der Waals surface area (Å²) in [6, 6.07) is 14.8. The highest BCUT2D eigenvalue weighted by Gasteiger charge is 2.16. The summed E-state index contributed by atoms with van der Waals surface area (Å²) in [4.78, 5) is 25.0. The summed E-state index contributed by atoms with van der Waals surface area (Å²) >= 11 is 1.30. The number of methoxy groups -OCH3 is 1. The Bertz CT molecular complexity index is 1370. The largest absolute Gasteiger partial charge is 0.465 e. The maximum Gasteiger partial charge on any atom is 0.339 e. The number of aromatic nitrogens is 3. The van der Waals surface area contributed by atoms with Crippen molar-refractivity contribution >= 4 is 50.4 Å². The molecule has 0 unspecified atom stereocenters. The fourth-order valence-corrected chi connectivity index (χ4v) is 4.37. The molecule has 4 rings (SSSR count). The lowest BCUT2D eigenvalue weighted by Gasteiger charge is -2.10. The second kappa shape index (κ2) is 8.38. The van der Waals surface area contributed by atoms with Crippen molar-refractivity contribution in [2.24, 2.45) is 5.14 Å². The number of sulfonamides is 1. The van der Waals surface area contributed by atoms with Gasteiger partial charge in [-0.15, -0.1) is 0 Å². The molecule has 2 heterocycles. The molecular weight excluding hydrogens is 438 g/mol. The molecule has 0 bridgehead atoms. The van der Waals surface area contributed by atoms with Gasteiger partial charge in [0.05, 0.1) is 28.6 Å². The Labute approximate surface area is 182 Å². The highest BCUT2D eigenvalue weighted by molar-refractivity contribution is 7.99. The van der Waals surface area contributed by atoms with Gasteiger partial charge in [0, 0.05) is 16.8 Å². The van der Waals surface area contributed by atoms with Crippen LogP contribution in [0.1, 0.15) is 10.4 Å². The van der Waals surface area contributed by atoms with Crippen LogP contribution in [0, 0.1) is 0 Å². The van der Waals surface area contributed by atoms with Crippen molar-refractivity contribution in [3.8, 4) is 0 Å². The van der Waals surface area contributed by atoms with Crippen molar-refractivity contribution in [3.63, 3.8) is 0 Å². The number of fused-ring (bicyclic) bond motifs is 1. The second-order valence-corrected chi connectivity index (χ2v) is 8.97. The van der Waals surface area contributed by atoms with Gasteiger partial charge in [0.25, 0.3) is 0 Å². The number of benzene rings is 2. The van der Waals surface area contributed by atoms with Crippen molar-refractivity contribution in [1.82, 2.24) is 15.0 Å². The van der Waals surface area contributed by atoms with Crippen molar-refractivity contribution < 1.29 is 17.9 Å². The summed E-state index contributed by atoms with van der Waals surface area (Å²) in [5, 5.41) is 8.80. The lowest BCUT2D eigenvalue weighted by atomic mass is 10.2. The Kier molecular flexibility index (Phi) is 5.63. The van der Waals surface area contributed by atoms with Gasteiger partial charge in [0.15, 0.2) is 0 Å². The molecule has 0 aliphatic carbocycles. The molecule has 0 amide bonds. The SMILES string of the molecule is COC(=O)c1ccccc1Sc1nc(Nc2ccc(S(N)(=O)=O)cc2)nc2cc[nH]c12. The van der Waals surface area contributed by atoms with E-state index in [0.717, 1.165) is 5.52 Å². The summed E-state index contributed by atoms with van der Waals surface area (Å²) < 4.78 is 27.7. The van der Waals surface area contributed by atoms with Crippen molar-refractivity contribution in [1.29, 1.82) is 0 Å². The van der Waals surface area contributed by atoms with Gasteiger partial charge in [-0.3, -0.25) is 0 Å². The molecule has 4 aromatic rings. The Hall–Kier alpha value is -3.41. The first-order chi connectivity index (χ1) is 14.8. The van der Waals surface area contributed by atoms with E-state index in [1.807, 2.05) is 18.2 Å². The van der Waals surface area contributed by atoms with Gasteiger partial charge in [0.2, 0.25) is 16.0 Å². The summed E-state index contributed by atoms with van der Waals surface area (Å²) in [6.07, 6.45) is 1.75. The number of hydrogen-bond donors (Lipinski definition) is 3. The first-order valence-corrected chi connectivity index (χ1v) is 11.3. The fourth-order valence-electron chi connectivity index (χ4n) is 2.84. The van der Waals surface area contributed by atoms with Gasteiger partial charge < -0.3 is 15.0 Å². The normalized spacial score (nSPS) is 11.4. The molecule has 0 saturated carbocycles. The fraction of sp³-hybridized carbons (Fsp3) is 0.0500. The zero-order chi connectivity index (χ0) is 22.0. The summed E-state index contributed by atoms with van der Waals surface area (Å²) in [7, 11) is -2.44. The van der Waals surface area contributed by atoms with E-state index >= 15 is 0 Å². The number of H-pyrrole nitrogens is 1. The van der Waals surface area contributed by atoms with Crippen LogP contribution in [0.25, 0.3) is 11.0 Å². The number of carbonyl (C=O) groups is 1. The van der Waals surface area contributed by atoms with Crippen LogP contribution in [0.3, 0.4) is 0 Å². The van der Waals surface area contributed by atoms with E-state index in [1.54, 1.807) is 30.5 Å². The maximum atomic E-state index is 12.1. The van der Waals surface area contributed by atoms with Crippen LogP contribution >= 0.6 is 11.8 Å². The molecule has 158 valence electrons. The predicted octanol–water partition coefficient (Wildman–Crippen LogP) is 3.29. The Morgan fingerprint density at radius 3 is 2.55 bits per heavy atom. The van der Waals surface area contributed by atoms with E-state index in [9.17, 15) is 13.2 Å². The third-order valence-electron chi connectivity index (χ3n) is 4.31. The summed E-state index contributed by atoms with van der Waals surface area (Å²) in [5.41, 5.74) is 2.42. The monoisotopic (exact) mass is 455 g/mol. The number of nitrogens with zero attached hydrogens (tertiary/aromatic N) is 2. The number of carbonyl (C=O) groups excluding carboxylic acids is 1. The van der Waals surface area contributed by atoms with Crippen LogP contribution in [0.2, 0.25) is 0 Å². The molecule has 4 N–H and O–H groups in total. The number of aromatic amines is 1. The van der Waals surface area contributed by atoms with E-state index < -0.39 is 16.0 Å². The molecule has 2 aromatic heterocycles. The van der Waals surface area contributed by atoms with E-state index in [-0.39, 0.29) is 4.90 Å². The van der Waals surface area contributed by atoms with Crippen molar-refractivity contribution in [2.45, 2.75) is 14.8 Å². The van der Waals surface area contributed by atoms with Crippen LogP contribution in [0.15, 0.2) is 75.6 Å². The Morgan fingerprint density at radius 2 is 1.84 bits per heavy atom. The molecule has 9 nitrogen and oxygen atoms in total. The first kappa shape index (κ1) is 20.8. The molecule has 0 radical (unpaired) electrons. The van der Waals surface area contributed by atoms with Crippen molar-refractivity contribution in [3.05, 3.63) is 66.4 Å².